The molecule has 0 spiro atoms. The number of fused-ring (bicyclic) bond motifs is 2. The van der Waals surface area contributed by atoms with Gasteiger partial charge in [0.05, 0.1) is 18.2 Å². The average Bonchev–Trinajstić information content (AvgIpc) is 3.47. The molecule has 2 N–H and O–H groups in total. The van der Waals surface area contributed by atoms with Crippen molar-refractivity contribution in [2.24, 2.45) is 0 Å². The summed E-state index contributed by atoms with van der Waals surface area (Å²) >= 11 is 1.33. The number of aliphatic carboxylic acids is 1. The Morgan fingerprint density at radius 3 is 2.83 bits per heavy atom. The van der Waals surface area contributed by atoms with Crippen molar-refractivity contribution >= 4 is 44.1 Å². The number of rotatable bonds is 5. The third-order valence-electron chi connectivity index (χ3n) is 6.60. The number of benzene rings is 1. The molecule has 1 fully saturated rings. The summed E-state index contributed by atoms with van der Waals surface area (Å²) in [6.45, 7) is 1.57. The first kappa shape index (κ1) is 24.5. The maximum Gasteiger partial charge on any atom is 0.305 e. The maximum atomic E-state index is 13.4. The van der Waals surface area contributed by atoms with Crippen LogP contribution in [0.3, 0.4) is 0 Å². The Bertz CT molecular complexity index is 1500. The molecule has 188 valence electrons. The van der Waals surface area contributed by atoms with Gasteiger partial charge < -0.3 is 19.9 Å². The van der Waals surface area contributed by atoms with Crippen LogP contribution >= 0.6 is 11.3 Å². The third-order valence-corrected chi connectivity index (χ3v) is 9.46. The molecule has 0 saturated carbocycles. The van der Waals surface area contributed by atoms with Gasteiger partial charge in [0.1, 0.15) is 5.03 Å². The number of carboxylic acid groups (broad SMARTS) is 1. The summed E-state index contributed by atoms with van der Waals surface area (Å²) in [5, 5.41) is 10.5. The summed E-state index contributed by atoms with van der Waals surface area (Å²) < 4.78 is 28.1. The zero-order chi connectivity index (χ0) is 25.6. The molecule has 1 unspecified atom stereocenters. The number of aromatic amines is 1. The second kappa shape index (κ2) is 9.33. The van der Waals surface area contributed by atoms with Crippen LogP contribution in [-0.4, -0.2) is 88.7 Å². The minimum atomic E-state index is -3.96. The third kappa shape index (κ3) is 4.51. The number of aromatic nitrogens is 2. The van der Waals surface area contributed by atoms with E-state index < -0.39 is 22.0 Å². The van der Waals surface area contributed by atoms with Gasteiger partial charge in [0.25, 0.3) is 15.9 Å². The highest BCUT2D eigenvalue weighted by Gasteiger charge is 2.39. The molecule has 0 radical (unpaired) electrons. The van der Waals surface area contributed by atoms with E-state index in [0.717, 1.165) is 30.1 Å². The van der Waals surface area contributed by atoms with Crippen LogP contribution in [0.2, 0.25) is 0 Å². The van der Waals surface area contributed by atoms with E-state index in [0.29, 0.717) is 21.5 Å². The monoisotopic (exact) mass is 527 g/mol. The van der Waals surface area contributed by atoms with Gasteiger partial charge >= 0.3 is 5.97 Å². The molecule has 0 aliphatic carbocycles. The minimum Gasteiger partial charge on any atom is -0.481 e. The standard InChI is InChI=1S/C24H25N5O5S2/c1-3-15-4-5-18-16(10-15)11-21(25-18)36(33,34)28-8-9-29(17(13-28)12-22(30)31)24(32)23-26-19-6-7-27(2)14-20(19)35-23/h1,4-5,10-11,17,25H,6-9,12-14H2,2H3,(H,30,31). The fourth-order valence-electron chi connectivity index (χ4n) is 4.70. The maximum absolute atomic E-state index is 13.4. The Hall–Kier alpha value is -3.24. The number of likely N-dealkylation sites (N-methyl/N-ethyl adjacent to an activating group) is 1. The van der Waals surface area contributed by atoms with Crippen LogP contribution in [0, 0.1) is 12.3 Å². The lowest BCUT2D eigenvalue weighted by molar-refractivity contribution is -0.138. The molecule has 10 nitrogen and oxygen atoms in total. The van der Waals surface area contributed by atoms with Crippen LogP contribution in [0.5, 0.6) is 0 Å². The van der Waals surface area contributed by atoms with E-state index in [4.69, 9.17) is 6.42 Å². The van der Waals surface area contributed by atoms with Crippen molar-refractivity contribution in [2.75, 3.05) is 33.2 Å². The quantitative estimate of drug-likeness (QED) is 0.483. The topological polar surface area (TPSA) is 127 Å². The molecule has 1 aromatic carbocycles. The molecule has 4 heterocycles. The zero-order valence-electron chi connectivity index (χ0n) is 19.6. The first-order valence-corrected chi connectivity index (χ1v) is 13.7. The van der Waals surface area contributed by atoms with Gasteiger partial charge in [0.15, 0.2) is 5.01 Å². The van der Waals surface area contributed by atoms with E-state index in [-0.39, 0.29) is 37.0 Å². The molecule has 36 heavy (non-hydrogen) atoms. The Morgan fingerprint density at radius 1 is 1.28 bits per heavy atom. The Kier molecular flexibility index (Phi) is 6.34. The van der Waals surface area contributed by atoms with Crippen LogP contribution < -0.4 is 0 Å². The lowest BCUT2D eigenvalue weighted by Crippen LogP contribution is -2.57. The molecule has 2 aliphatic rings. The molecule has 2 aromatic heterocycles. The largest absolute Gasteiger partial charge is 0.481 e. The van der Waals surface area contributed by atoms with Crippen LogP contribution in [0.1, 0.15) is 32.4 Å². The van der Waals surface area contributed by atoms with Gasteiger partial charge in [-0.3, -0.25) is 9.59 Å². The van der Waals surface area contributed by atoms with E-state index in [1.165, 1.54) is 26.6 Å². The Balaban J connectivity index is 1.39. The molecule has 12 heteroatoms. The second-order valence-corrected chi connectivity index (χ2v) is 12.1. The predicted octanol–water partition coefficient (Wildman–Crippen LogP) is 1.58. The van der Waals surface area contributed by atoms with Gasteiger partial charge in [-0.1, -0.05) is 5.92 Å². The molecule has 1 saturated heterocycles. The lowest BCUT2D eigenvalue weighted by atomic mass is 10.1. The fourth-order valence-corrected chi connectivity index (χ4v) is 7.33. The van der Waals surface area contributed by atoms with E-state index in [2.05, 4.69) is 20.8 Å². The summed E-state index contributed by atoms with van der Waals surface area (Å²) in [6, 6.07) is 5.86. The first-order valence-electron chi connectivity index (χ1n) is 11.4. The molecule has 1 amide bonds. The van der Waals surface area contributed by atoms with E-state index in [1.54, 1.807) is 18.2 Å². The highest BCUT2D eigenvalue weighted by Crippen LogP contribution is 2.29. The highest BCUT2D eigenvalue weighted by molar-refractivity contribution is 7.89. The molecule has 3 aromatic rings. The summed E-state index contributed by atoms with van der Waals surface area (Å²) in [4.78, 5) is 37.1. The predicted molar refractivity (Wildman–Crippen MR) is 134 cm³/mol. The number of piperazine rings is 1. The fraction of sp³-hybridized carbons (Fsp3) is 0.375. The number of carbonyl (C=O) groups excluding carboxylic acids is 1. The first-order chi connectivity index (χ1) is 17.2. The molecule has 1 atom stereocenters. The number of carboxylic acids is 1. The number of hydrogen-bond acceptors (Lipinski definition) is 7. The Morgan fingerprint density at radius 2 is 2.08 bits per heavy atom. The van der Waals surface area contributed by atoms with Crippen molar-refractivity contribution in [3.05, 3.63) is 45.4 Å². The second-order valence-electron chi connectivity index (χ2n) is 9.07. The number of nitrogens with one attached hydrogen (secondary N) is 1. The number of H-pyrrole nitrogens is 1. The number of hydrogen-bond donors (Lipinski definition) is 2. The van der Waals surface area contributed by atoms with Crippen molar-refractivity contribution in [2.45, 2.75) is 30.5 Å². The van der Waals surface area contributed by atoms with Gasteiger partial charge in [-0.2, -0.15) is 4.31 Å². The molecular formula is C24H25N5O5S2. The van der Waals surface area contributed by atoms with E-state index in [9.17, 15) is 23.1 Å². The van der Waals surface area contributed by atoms with Gasteiger partial charge in [0, 0.05) is 60.5 Å². The Labute approximate surface area is 212 Å². The van der Waals surface area contributed by atoms with Crippen molar-refractivity contribution in [3.8, 4) is 12.3 Å². The summed E-state index contributed by atoms with van der Waals surface area (Å²) in [6.07, 6.45) is 5.83. The molecular weight excluding hydrogens is 502 g/mol. The number of carbonyl (C=O) groups is 2. The smallest absolute Gasteiger partial charge is 0.305 e. The average molecular weight is 528 g/mol. The van der Waals surface area contributed by atoms with Gasteiger partial charge in [0.2, 0.25) is 0 Å². The van der Waals surface area contributed by atoms with Crippen molar-refractivity contribution in [1.29, 1.82) is 0 Å². The van der Waals surface area contributed by atoms with Crippen molar-refractivity contribution in [1.82, 2.24) is 24.1 Å². The SMILES string of the molecule is C#Cc1ccc2[nH]c(S(=O)(=O)N3CCN(C(=O)c4nc5c(s4)CN(C)CC5)C(CC(=O)O)C3)cc2c1. The molecule has 0 bridgehead atoms. The van der Waals surface area contributed by atoms with Crippen molar-refractivity contribution in [3.63, 3.8) is 0 Å². The molecule has 2 aliphatic heterocycles. The van der Waals surface area contributed by atoms with Crippen molar-refractivity contribution < 1.29 is 23.1 Å². The van der Waals surface area contributed by atoms with Crippen LogP contribution in [-0.2, 0) is 27.8 Å². The number of terminal acetylenes is 1. The number of sulfonamides is 1. The van der Waals surface area contributed by atoms with Gasteiger partial charge in [-0.05, 0) is 31.3 Å². The number of thiazole rings is 1. The van der Waals surface area contributed by atoms with Gasteiger partial charge in [-0.25, -0.2) is 13.4 Å². The lowest BCUT2D eigenvalue weighted by Gasteiger charge is -2.39. The zero-order valence-corrected chi connectivity index (χ0v) is 21.2. The number of nitrogens with zero attached hydrogens (tertiary/aromatic N) is 4. The minimum absolute atomic E-state index is 0.00255. The normalized spacial score (nSPS) is 19.2. The highest BCUT2D eigenvalue weighted by atomic mass is 32.2. The van der Waals surface area contributed by atoms with Gasteiger partial charge in [-0.15, -0.1) is 17.8 Å². The van der Waals surface area contributed by atoms with Crippen LogP contribution in [0.25, 0.3) is 10.9 Å². The molecule has 5 rings (SSSR count). The summed E-state index contributed by atoms with van der Waals surface area (Å²) in [5.41, 5.74) is 2.17. The van der Waals surface area contributed by atoms with E-state index >= 15 is 0 Å². The van der Waals surface area contributed by atoms with Crippen LogP contribution in [0.15, 0.2) is 29.3 Å². The summed E-state index contributed by atoms with van der Waals surface area (Å²) in [7, 11) is -1.95. The van der Waals surface area contributed by atoms with Crippen LogP contribution in [0.4, 0.5) is 0 Å². The number of amides is 1. The van der Waals surface area contributed by atoms with E-state index in [1.807, 2.05) is 7.05 Å². The summed E-state index contributed by atoms with van der Waals surface area (Å²) in [5.74, 6) is 1.07.